The zero-order valence-electron chi connectivity index (χ0n) is 5.37. The van der Waals surface area contributed by atoms with Crippen LogP contribution < -0.4 is 0 Å². The van der Waals surface area contributed by atoms with Crippen LogP contribution in [0.1, 0.15) is 12.8 Å². The van der Waals surface area contributed by atoms with Crippen LogP contribution in [0.5, 0.6) is 0 Å². The van der Waals surface area contributed by atoms with Crippen molar-refractivity contribution in [2.75, 3.05) is 6.54 Å². The molecule has 0 aromatic rings. The zero-order chi connectivity index (χ0) is 7.14. The monoisotopic (exact) mass is 157 g/mol. The third-order valence-corrected chi connectivity index (χ3v) is 3.00. The molecule has 2 aliphatic rings. The van der Waals surface area contributed by atoms with E-state index in [2.05, 4.69) is 0 Å². The maximum absolute atomic E-state index is 10.8. The number of rotatable bonds is 0. The minimum atomic E-state index is 0.189. The van der Waals surface area contributed by atoms with E-state index in [0.717, 1.165) is 0 Å². The van der Waals surface area contributed by atoms with Gasteiger partial charge < -0.3 is 4.90 Å². The van der Waals surface area contributed by atoms with Crippen molar-refractivity contribution in [3.8, 4) is 0 Å². The number of carbonyl (C=O) groups is 2. The van der Waals surface area contributed by atoms with Crippen LogP contribution in [0.2, 0.25) is 0 Å². The Morgan fingerprint density at radius 1 is 1.50 bits per heavy atom. The lowest BCUT2D eigenvalue weighted by atomic mass is 10.2. The van der Waals surface area contributed by atoms with Gasteiger partial charge in [0.15, 0.2) is 5.12 Å². The highest BCUT2D eigenvalue weighted by Gasteiger charge is 2.40. The van der Waals surface area contributed by atoms with E-state index in [1.54, 1.807) is 4.90 Å². The standard InChI is InChI=1S/C6H7NO2S/c8-4-3-5-7(4)2-1-6(9)10-5/h5H,1-3H2/t5-/m1/s1. The lowest BCUT2D eigenvalue weighted by Crippen LogP contribution is -2.54. The molecule has 0 spiro atoms. The molecule has 0 radical (unpaired) electrons. The lowest BCUT2D eigenvalue weighted by molar-refractivity contribution is -0.142. The summed E-state index contributed by atoms with van der Waals surface area (Å²) in [6, 6.07) is 0. The van der Waals surface area contributed by atoms with E-state index in [1.807, 2.05) is 0 Å². The van der Waals surface area contributed by atoms with Gasteiger partial charge in [-0.05, 0) is 0 Å². The molecule has 4 heteroatoms. The van der Waals surface area contributed by atoms with Crippen LogP contribution in [-0.4, -0.2) is 27.8 Å². The van der Waals surface area contributed by atoms with Gasteiger partial charge in [-0.3, -0.25) is 9.59 Å². The highest BCUT2D eigenvalue weighted by atomic mass is 32.2. The Kier molecular flexibility index (Phi) is 1.23. The van der Waals surface area contributed by atoms with Gasteiger partial charge in [-0.25, -0.2) is 0 Å². The Morgan fingerprint density at radius 3 is 2.90 bits per heavy atom. The molecule has 2 saturated heterocycles. The number of amides is 1. The highest BCUT2D eigenvalue weighted by molar-refractivity contribution is 8.14. The number of nitrogens with zero attached hydrogens (tertiary/aromatic N) is 1. The van der Waals surface area contributed by atoms with Crippen LogP contribution in [0.15, 0.2) is 0 Å². The van der Waals surface area contributed by atoms with E-state index in [-0.39, 0.29) is 16.4 Å². The van der Waals surface area contributed by atoms with Crippen molar-refractivity contribution >= 4 is 22.8 Å². The van der Waals surface area contributed by atoms with E-state index in [0.29, 0.717) is 19.4 Å². The lowest BCUT2D eigenvalue weighted by Gasteiger charge is -2.42. The first-order chi connectivity index (χ1) is 4.77. The number of carbonyl (C=O) groups excluding carboxylic acids is 2. The van der Waals surface area contributed by atoms with Crippen molar-refractivity contribution in [3.05, 3.63) is 0 Å². The van der Waals surface area contributed by atoms with Gasteiger partial charge >= 0.3 is 0 Å². The van der Waals surface area contributed by atoms with Crippen LogP contribution in [0, 0.1) is 0 Å². The number of hydrogen-bond acceptors (Lipinski definition) is 3. The van der Waals surface area contributed by atoms with Crippen LogP contribution in [0.3, 0.4) is 0 Å². The summed E-state index contributed by atoms with van der Waals surface area (Å²) >= 11 is 1.31. The van der Waals surface area contributed by atoms with E-state index in [9.17, 15) is 9.59 Å². The predicted molar refractivity (Wildman–Crippen MR) is 37.3 cm³/mol. The summed E-state index contributed by atoms with van der Waals surface area (Å²) in [4.78, 5) is 23.3. The van der Waals surface area contributed by atoms with Crippen LogP contribution in [0.4, 0.5) is 0 Å². The summed E-state index contributed by atoms with van der Waals surface area (Å²) in [5.74, 6) is 0.199. The molecule has 10 heavy (non-hydrogen) atoms. The third kappa shape index (κ3) is 0.751. The largest absolute Gasteiger partial charge is 0.329 e. The van der Waals surface area contributed by atoms with E-state index in [1.165, 1.54) is 11.8 Å². The van der Waals surface area contributed by atoms with Crippen molar-refractivity contribution in [1.82, 2.24) is 4.90 Å². The van der Waals surface area contributed by atoms with Crippen molar-refractivity contribution in [1.29, 1.82) is 0 Å². The molecule has 0 N–H and O–H groups in total. The average molecular weight is 157 g/mol. The summed E-state index contributed by atoms with van der Waals surface area (Å²) in [5.41, 5.74) is 0. The molecule has 0 aromatic heterocycles. The summed E-state index contributed by atoms with van der Waals surface area (Å²) in [6.07, 6.45) is 1.10. The van der Waals surface area contributed by atoms with E-state index >= 15 is 0 Å². The fourth-order valence-electron chi connectivity index (χ4n) is 1.22. The normalized spacial score (nSPS) is 31.6. The van der Waals surface area contributed by atoms with Crippen LogP contribution in [-0.2, 0) is 9.59 Å². The first kappa shape index (κ1) is 6.22. The molecule has 2 rings (SSSR count). The Hall–Kier alpha value is -0.510. The van der Waals surface area contributed by atoms with Gasteiger partial charge in [-0.2, -0.15) is 0 Å². The summed E-state index contributed by atoms with van der Waals surface area (Å²) in [6.45, 7) is 0.648. The Labute approximate surface area is 62.8 Å². The average Bonchev–Trinajstić information content (AvgIpc) is 1.86. The predicted octanol–water partition coefficient (Wildman–Crippen LogP) is 0.208. The molecule has 0 unspecified atom stereocenters. The van der Waals surface area contributed by atoms with Crippen LogP contribution >= 0.6 is 11.8 Å². The van der Waals surface area contributed by atoms with E-state index < -0.39 is 0 Å². The molecular weight excluding hydrogens is 150 g/mol. The Morgan fingerprint density at radius 2 is 2.30 bits per heavy atom. The summed E-state index contributed by atoms with van der Waals surface area (Å²) < 4.78 is 0. The first-order valence-corrected chi connectivity index (χ1v) is 4.14. The second-order valence-electron chi connectivity index (χ2n) is 2.49. The maximum atomic E-state index is 10.8. The van der Waals surface area contributed by atoms with Crippen molar-refractivity contribution in [2.24, 2.45) is 0 Å². The zero-order valence-corrected chi connectivity index (χ0v) is 6.19. The second kappa shape index (κ2) is 1.99. The molecule has 3 nitrogen and oxygen atoms in total. The quantitative estimate of drug-likeness (QED) is 0.472. The van der Waals surface area contributed by atoms with Gasteiger partial charge in [-0.15, -0.1) is 0 Å². The molecule has 2 fully saturated rings. The minimum Gasteiger partial charge on any atom is -0.329 e. The Balaban J connectivity index is 2.05. The topological polar surface area (TPSA) is 37.4 Å². The van der Waals surface area contributed by atoms with Gasteiger partial charge in [0.25, 0.3) is 0 Å². The third-order valence-electron chi connectivity index (χ3n) is 1.84. The van der Waals surface area contributed by atoms with Crippen molar-refractivity contribution < 1.29 is 9.59 Å². The van der Waals surface area contributed by atoms with E-state index in [4.69, 9.17) is 0 Å². The van der Waals surface area contributed by atoms with Crippen molar-refractivity contribution in [3.63, 3.8) is 0 Å². The smallest absolute Gasteiger partial charge is 0.226 e. The summed E-state index contributed by atoms with van der Waals surface area (Å²) in [5, 5.41) is 0.419. The molecule has 1 amide bonds. The molecule has 0 bridgehead atoms. The fraction of sp³-hybridized carbons (Fsp3) is 0.667. The van der Waals surface area contributed by atoms with Gasteiger partial charge in [0.05, 0.1) is 11.8 Å². The molecule has 0 saturated carbocycles. The molecule has 0 aromatic carbocycles. The number of thioether (sulfide) groups is 1. The number of fused-ring (bicyclic) bond motifs is 1. The molecule has 0 aliphatic carbocycles. The van der Waals surface area contributed by atoms with Gasteiger partial charge in [0.1, 0.15) is 0 Å². The molecule has 2 heterocycles. The van der Waals surface area contributed by atoms with Crippen molar-refractivity contribution in [2.45, 2.75) is 18.2 Å². The maximum Gasteiger partial charge on any atom is 0.226 e. The van der Waals surface area contributed by atoms with Gasteiger partial charge in [-0.1, -0.05) is 11.8 Å². The molecule has 2 aliphatic heterocycles. The van der Waals surface area contributed by atoms with Gasteiger partial charge in [0, 0.05) is 13.0 Å². The molecule has 1 atom stereocenters. The van der Waals surface area contributed by atoms with Gasteiger partial charge in [0.2, 0.25) is 5.91 Å². The highest BCUT2D eigenvalue weighted by Crippen LogP contribution is 2.34. The SMILES string of the molecule is O=C1CCN2C(=O)C[C@H]2S1. The minimum absolute atomic E-state index is 0.189. The fourth-order valence-corrected chi connectivity index (χ4v) is 2.31. The second-order valence-corrected chi connectivity index (χ2v) is 3.72. The number of β-lactam (4-membered cyclic amide) rings is 1. The molecule has 54 valence electrons. The van der Waals surface area contributed by atoms with Crippen LogP contribution in [0.25, 0.3) is 0 Å². The Bertz CT molecular complexity index is 198. The summed E-state index contributed by atoms with van der Waals surface area (Å²) in [7, 11) is 0. The molecular formula is C6H7NO2S. The first-order valence-electron chi connectivity index (χ1n) is 3.26. The number of hydrogen-bond donors (Lipinski definition) is 0.